The van der Waals surface area contributed by atoms with Crippen LogP contribution in [0.3, 0.4) is 0 Å². The highest BCUT2D eigenvalue weighted by atomic mass is 32.1. The summed E-state index contributed by atoms with van der Waals surface area (Å²) >= 11 is 1.21. The molecule has 7 heteroatoms. The molecular weight excluding hydrogens is 362 g/mol. The number of hydrazone groups is 1. The van der Waals surface area contributed by atoms with Gasteiger partial charge in [0, 0.05) is 0 Å². The van der Waals surface area contributed by atoms with Crippen molar-refractivity contribution in [2.24, 2.45) is 5.10 Å². The van der Waals surface area contributed by atoms with Crippen LogP contribution < -0.4 is 10.2 Å². The lowest BCUT2D eigenvalue weighted by molar-refractivity contribution is 0.0531. The van der Waals surface area contributed by atoms with Gasteiger partial charge in [0.2, 0.25) is 5.13 Å². The molecule has 0 aliphatic heterocycles. The Morgan fingerprint density at radius 3 is 2.74 bits per heavy atom. The Morgan fingerprint density at radius 2 is 1.96 bits per heavy atom. The molecule has 6 nitrogen and oxygen atoms in total. The van der Waals surface area contributed by atoms with Gasteiger partial charge < -0.3 is 9.47 Å². The van der Waals surface area contributed by atoms with E-state index in [1.54, 1.807) is 20.1 Å². The lowest BCUT2D eigenvalue weighted by Gasteiger charge is -2.05. The van der Waals surface area contributed by atoms with Crippen LogP contribution in [0, 0.1) is 6.92 Å². The van der Waals surface area contributed by atoms with Crippen LogP contribution in [-0.2, 0) is 4.74 Å². The number of hydrogen-bond acceptors (Lipinski definition) is 7. The minimum absolute atomic E-state index is 0.332. The Bertz CT molecular complexity index is 939. The molecule has 3 aromatic rings. The minimum atomic E-state index is -0.365. The molecule has 0 radical (unpaired) electrons. The first-order valence-corrected chi connectivity index (χ1v) is 9.24. The fraction of sp³-hybridized carbons (Fsp3) is 0.150. The van der Waals surface area contributed by atoms with E-state index >= 15 is 0 Å². The summed E-state index contributed by atoms with van der Waals surface area (Å²) in [6.45, 7) is 3.87. The molecule has 3 rings (SSSR count). The highest BCUT2D eigenvalue weighted by Gasteiger charge is 2.15. The van der Waals surface area contributed by atoms with Crippen molar-refractivity contribution in [1.29, 1.82) is 0 Å². The number of carbonyl (C=O) groups is 1. The number of nitrogens with one attached hydrogen (secondary N) is 1. The number of aryl methyl sites for hydroxylation is 1. The van der Waals surface area contributed by atoms with Gasteiger partial charge in [-0.15, -0.1) is 0 Å². The number of carbonyl (C=O) groups excluding carboxylic acids is 1. The zero-order chi connectivity index (χ0) is 19.1. The number of nitrogens with zero attached hydrogens (tertiary/aromatic N) is 2. The van der Waals surface area contributed by atoms with Crippen LogP contribution >= 0.6 is 11.3 Å². The minimum Gasteiger partial charge on any atom is -0.462 e. The summed E-state index contributed by atoms with van der Waals surface area (Å²) in [4.78, 5) is 16.6. The van der Waals surface area contributed by atoms with E-state index in [4.69, 9.17) is 9.47 Å². The molecule has 0 saturated heterocycles. The fourth-order valence-electron chi connectivity index (χ4n) is 2.28. The van der Waals surface area contributed by atoms with E-state index in [-0.39, 0.29) is 5.97 Å². The van der Waals surface area contributed by atoms with E-state index in [1.807, 2.05) is 54.6 Å². The third kappa shape index (κ3) is 5.15. The van der Waals surface area contributed by atoms with Crippen LogP contribution in [0.4, 0.5) is 5.13 Å². The molecule has 0 saturated carbocycles. The van der Waals surface area contributed by atoms with Crippen LogP contribution in [0.2, 0.25) is 0 Å². The molecule has 0 aliphatic rings. The lowest BCUT2D eigenvalue weighted by atomic mass is 10.2. The highest BCUT2D eigenvalue weighted by molar-refractivity contribution is 7.17. The molecule has 2 aromatic carbocycles. The van der Waals surface area contributed by atoms with Gasteiger partial charge in [-0.2, -0.15) is 5.10 Å². The van der Waals surface area contributed by atoms with Gasteiger partial charge in [-0.05, 0) is 43.7 Å². The van der Waals surface area contributed by atoms with Crippen molar-refractivity contribution in [1.82, 2.24) is 4.98 Å². The Kier molecular flexibility index (Phi) is 6.17. The van der Waals surface area contributed by atoms with E-state index in [1.165, 1.54) is 11.3 Å². The second-order valence-corrected chi connectivity index (χ2v) is 6.51. The number of anilines is 1. The quantitative estimate of drug-likeness (QED) is 0.359. The maximum Gasteiger partial charge on any atom is 0.350 e. The summed E-state index contributed by atoms with van der Waals surface area (Å²) < 4.78 is 10.8. The van der Waals surface area contributed by atoms with Gasteiger partial charge in [-0.3, -0.25) is 5.43 Å². The van der Waals surface area contributed by atoms with Crippen LogP contribution in [0.15, 0.2) is 59.7 Å². The van der Waals surface area contributed by atoms with Crippen molar-refractivity contribution in [3.05, 3.63) is 70.7 Å². The van der Waals surface area contributed by atoms with Gasteiger partial charge >= 0.3 is 5.97 Å². The summed E-state index contributed by atoms with van der Waals surface area (Å²) in [5.41, 5.74) is 4.34. The average molecular weight is 381 g/mol. The van der Waals surface area contributed by atoms with Crippen molar-refractivity contribution in [3.8, 4) is 11.5 Å². The predicted molar refractivity (Wildman–Crippen MR) is 107 cm³/mol. The number of benzene rings is 2. The summed E-state index contributed by atoms with van der Waals surface area (Å²) in [7, 11) is 0. The van der Waals surface area contributed by atoms with Gasteiger partial charge in [0.1, 0.15) is 16.4 Å². The fourth-order valence-corrected chi connectivity index (χ4v) is 3.09. The Morgan fingerprint density at radius 1 is 1.19 bits per heavy atom. The van der Waals surface area contributed by atoms with Crippen LogP contribution in [-0.4, -0.2) is 23.8 Å². The molecule has 27 heavy (non-hydrogen) atoms. The lowest BCUT2D eigenvalue weighted by Crippen LogP contribution is -2.03. The number of thiazole rings is 1. The first-order valence-electron chi connectivity index (χ1n) is 8.42. The smallest absolute Gasteiger partial charge is 0.350 e. The molecule has 1 aromatic heterocycles. The van der Waals surface area contributed by atoms with Gasteiger partial charge in [0.15, 0.2) is 0 Å². The SMILES string of the molecule is CCOC(=O)c1sc(NN=Cc2cccc(Oc3ccccc3)c2)nc1C. The van der Waals surface area contributed by atoms with Gasteiger partial charge in [-0.25, -0.2) is 9.78 Å². The van der Waals surface area contributed by atoms with E-state index in [9.17, 15) is 4.79 Å². The summed E-state index contributed by atoms with van der Waals surface area (Å²) in [6.07, 6.45) is 1.67. The van der Waals surface area contributed by atoms with Gasteiger partial charge in [0.25, 0.3) is 0 Å². The van der Waals surface area contributed by atoms with Gasteiger partial charge in [0.05, 0.1) is 18.5 Å². The molecular formula is C20H19N3O3S. The van der Waals surface area contributed by atoms with E-state index < -0.39 is 0 Å². The van der Waals surface area contributed by atoms with E-state index in [2.05, 4.69) is 15.5 Å². The molecule has 0 aliphatic carbocycles. The molecule has 0 spiro atoms. The number of hydrogen-bond donors (Lipinski definition) is 1. The number of esters is 1. The van der Waals surface area contributed by atoms with Crippen molar-refractivity contribution in [2.75, 3.05) is 12.0 Å². The average Bonchev–Trinajstić information content (AvgIpc) is 3.04. The van der Waals surface area contributed by atoms with Crippen molar-refractivity contribution in [2.45, 2.75) is 13.8 Å². The normalized spacial score (nSPS) is 10.7. The highest BCUT2D eigenvalue weighted by Crippen LogP contribution is 2.24. The second kappa shape index (κ2) is 8.95. The second-order valence-electron chi connectivity index (χ2n) is 5.51. The monoisotopic (exact) mass is 381 g/mol. The molecule has 1 heterocycles. The molecule has 0 unspecified atom stereocenters. The Labute approximate surface area is 161 Å². The maximum atomic E-state index is 11.8. The summed E-state index contributed by atoms with van der Waals surface area (Å²) in [5.74, 6) is 1.13. The first kappa shape index (κ1) is 18.6. The zero-order valence-corrected chi connectivity index (χ0v) is 15.8. The topological polar surface area (TPSA) is 72.8 Å². The van der Waals surface area contributed by atoms with Crippen LogP contribution in [0.1, 0.15) is 27.9 Å². The number of para-hydroxylation sites is 1. The molecule has 0 amide bonds. The molecule has 138 valence electrons. The molecule has 1 N–H and O–H groups in total. The predicted octanol–water partition coefficient (Wildman–Crippen LogP) is 4.87. The number of rotatable bonds is 7. The zero-order valence-electron chi connectivity index (χ0n) is 15.0. The molecule has 0 bridgehead atoms. The molecule has 0 atom stereocenters. The van der Waals surface area contributed by atoms with E-state index in [0.717, 1.165) is 17.1 Å². The Hall–Kier alpha value is -3.19. The maximum absolute atomic E-state index is 11.8. The third-order valence-electron chi connectivity index (χ3n) is 3.47. The summed E-state index contributed by atoms with van der Waals surface area (Å²) in [5, 5.41) is 4.72. The van der Waals surface area contributed by atoms with Crippen LogP contribution in [0.25, 0.3) is 0 Å². The van der Waals surface area contributed by atoms with Crippen molar-refractivity contribution in [3.63, 3.8) is 0 Å². The van der Waals surface area contributed by atoms with Gasteiger partial charge in [-0.1, -0.05) is 41.7 Å². The van der Waals surface area contributed by atoms with Crippen molar-refractivity contribution >= 4 is 28.7 Å². The number of aromatic nitrogens is 1. The largest absolute Gasteiger partial charge is 0.462 e. The van der Waals surface area contributed by atoms with Crippen molar-refractivity contribution < 1.29 is 14.3 Å². The molecule has 0 fully saturated rings. The summed E-state index contributed by atoms with van der Waals surface area (Å²) in [6, 6.07) is 17.2. The standard InChI is InChI=1S/C20H19N3O3S/c1-3-25-19(24)18-14(2)22-20(27-18)23-21-13-15-8-7-11-17(12-15)26-16-9-5-4-6-10-16/h4-13H,3H2,1-2H3,(H,22,23). The third-order valence-corrected chi connectivity index (χ3v) is 4.51. The number of ether oxygens (including phenoxy) is 2. The van der Waals surface area contributed by atoms with E-state index in [0.29, 0.717) is 22.3 Å². The Balaban J connectivity index is 1.64. The van der Waals surface area contributed by atoms with Crippen LogP contribution in [0.5, 0.6) is 11.5 Å². The first-order chi connectivity index (χ1) is 13.2.